The monoisotopic (exact) mass is 273 g/mol. The number of hydrogen-bond donors (Lipinski definition) is 1. The van der Waals surface area contributed by atoms with Gasteiger partial charge in [-0.3, -0.25) is 4.90 Å². The summed E-state index contributed by atoms with van der Waals surface area (Å²) in [6.07, 6.45) is 11.3. The van der Waals surface area contributed by atoms with Gasteiger partial charge in [0.25, 0.3) is 0 Å². The van der Waals surface area contributed by atoms with Crippen molar-refractivity contribution in [3.8, 4) is 0 Å². The second-order valence-electron chi connectivity index (χ2n) is 6.21. The van der Waals surface area contributed by atoms with E-state index >= 15 is 0 Å². The van der Waals surface area contributed by atoms with Crippen LogP contribution in [0, 0.1) is 0 Å². The molecule has 1 atom stereocenters. The first-order valence-corrected chi connectivity index (χ1v) is 8.34. The molecular weight excluding hydrogens is 246 g/mol. The Bertz CT molecular complexity index is 426. The molecule has 1 saturated carbocycles. The van der Waals surface area contributed by atoms with Crippen LogP contribution in [0.5, 0.6) is 0 Å². The van der Waals surface area contributed by atoms with Crippen molar-refractivity contribution >= 4 is 5.82 Å². The average molecular weight is 273 g/mol. The Morgan fingerprint density at radius 1 is 1.20 bits per heavy atom. The lowest BCUT2D eigenvalue weighted by atomic mass is 9.95. The molecule has 110 valence electrons. The number of likely N-dealkylation sites (tertiary alicyclic amines) is 1. The lowest BCUT2D eigenvalue weighted by Gasteiger charge is -2.28. The van der Waals surface area contributed by atoms with Crippen molar-refractivity contribution in [1.29, 1.82) is 0 Å². The Hall–Kier alpha value is -1.09. The Labute approximate surface area is 122 Å². The van der Waals surface area contributed by atoms with Crippen LogP contribution in [0.1, 0.15) is 63.5 Å². The molecule has 1 aliphatic heterocycles. The van der Waals surface area contributed by atoms with Crippen LogP contribution in [0.3, 0.4) is 0 Å². The highest BCUT2D eigenvalue weighted by molar-refractivity contribution is 5.47. The van der Waals surface area contributed by atoms with Crippen LogP contribution in [-0.4, -0.2) is 29.0 Å². The minimum Gasteiger partial charge on any atom is -0.367 e. The second-order valence-corrected chi connectivity index (χ2v) is 6.21. The third kappa shape index (κ3) is 2.98. The number of rotatable bonds is 4. The average Bonchev–Trinajstić information content (AvgIpc) is 2.97. The van der Waals surface area contributed by atoms with Crippen LogP contribution in [0.15, 0.2) is 18.3 Å². The molecule has 1 saturated heterocycles. The van der Waals surface area contributed by atoms with Gasteiger partial charge < -0.3 is 5.32 Å². The van der Waals surface area contributed by atoms with E-state index in [4.69, 9.17) is 0 Å². The zero-order valence-electron chi connectivity index (χ0n) is 12.6. The van der Waals surface area contributed by atoms with Crippen LogP contribution >= 0.6 is 0 Å². The molecule has 3 rings (SSSR count). The van der Waals surface area contributed by atoms with Gasteiger partial charge in [0, 0.05) is 23.8 Å². The molecule has 3 nitrogen and oxygen atoms in total. The number of aromatic nitrogens is 1. The molecule has 3 heteroatoms. The number of nitrogens with zero attached hydrogens (tertiary/aromatic N) is 2. The summed E-state index contributed by atoms with van der Waals surface area (Å²) in [6, 6.07) is 5.57. The maximum atomic E-state index is 4.65. The van der Waals surface area contributed by atoms with E-state index in [0.717, 1.165) is 12.4 Å². The molecule has 0 spiro atoms. The van der Waals surface area contributed by atoms with E-state index in [9.17, 15) is 0 Å². The quantitative estimate of drug-likeness (QED) is 0.899. The summed E-state index contributed by atoms with van der Waals surface area (Å²) in [6.45, 7) is 4.64. The van der Waals surface area contributed by atoms with E-state index in [1.165, 1.54) is 57.1 Å². The first-order chi connectivity index (χ1) is 9.88. The maximum Gasteiger partial charge on any atom is 0.130 e. The van der Waals surface area contributed by atoms with Crippen LogP contribution in [-0.2, 0) is 0 Å². The van der Waals surface area contributed by atoms with E-state index in [1.807, 2.05) is 6.20 Å². The van der Waals surface area contributed by atoms with Crippen molar-refractivity contribution in [2.45, 2.75) is 64.0 Å². The van der Waals surface area contributed by atoms with Gasteiger partial charge in [0.2, 0.25) is 0 Å². The van der Waals surface area contributed by atoms with E-state index < -0.39 is 0 Å². The zero-order chi connectivity index (χ0) is 13.8. The Morgan fingerprint density at radius 3 is 2.85 bits per heavy atom. The third-order valence-electron chi connectivity index (χ3n) is 4.91. The predicted molar refractivity (Wildman–Crippen MR) is 84.0 cm³/mol. The normalized spacial score (nSPS) is 24.9. The van der Waals surface area contributed by atoms with Gasteiger partial charge >= 0.3 is 0 Å². The SMILES string of the molecule is CCN1CCC[C@H]1c1cccnc1NC1CCCCC1. The van der Waals surface area contributed by atoms with Gasteiger partial charge in [0.15, 0.2) is 0 Å². The molecule has 2 fully saturated rings. The van der Waals surface area contributed by atoms with Gasteiger partial charge in [-0.25, -0.2) is 4.98 Å². The summed E-state index contributed by atoms with van der Waals surface area (Å²) in [5, 5.41) is 3.73. The molecule has 0 bridgehead atoms. The van der Waals surface area contributed by atoms with E-state index in [1.54, 1.807) is 0 Å². The van der Waals surface area contributed by atoms with Crippen LogP contribution < -0.4 is 5.32 Å². The fourth-order valence-corrected chi connectivity index (χ4v) is 3.80. The molecule has 2 heterocycles. The highest BCUT2D eigenvalue weighted by Gasteiger charge is 2.27. The summed E-state index contributed by atoms with van der Waals surface area (Å²) in [5.74, 6) is 1.14. The Balaban J connectivity index is 1.77. The van der Waals surface area contributed by atoms with Crippen molar-refractivity contribution in [2.24, 2.45) is 0 Å². The number of pyridine rings is 1. The standard InChI is InChI=1S/C17H27N3/c1-2-20-13-7-11-16(20)15-10-6-12-18-17(15)19-14-8-4-3-5-9-14/h6,10,12,14,16H,2-5,7-9,11,13H2,1H3,(H,18,19)/t16-/m0/s1. The molecule has 0 radical (unpaired) electrons. The van der Waals surface area contributed by atoms with E-state index in [2.05, 4.69) is 34.3 Å². The molecule has 1 N–H and O–H groups in total. The number of anilines is 1. The molecular formula is C17H27N3. The van der Waals surface area contributed by atoms with Gasteiger partial charge in [-0.2, -0.15) is 0 Å². The molecule has 1 aromatic rings. The predicted octanol–water partition coefficient (Wildman–Crippen LogP) is 3.98. The molecule has 0 aromatic carbocycles. The fourth-order valence-electron chi connectivity index (χ4n) is 3.80. The smallest absolute Gasteiger partial charge is 0.130 e. The Kier molecular flexibility index (Phi) is 4.56. The topological polar surface area (TPSA) is 28.2 Å². The van der Waals surface area contributed by atoms with Crippen molar-refractivity contribution in [1.82, 2.24) is 9.88 Å². The van der Waals surface area contributed by atoms with Crippen molar-refractivity contribution in [3.05, 3.63) is 23.9 Å². The summed E-state index contributed by atoms with van der Waals surface area (Å²) in [7, 11) is 0. The van der Waals surface area contributed by atoms with Crippen molar-refractivity contribution < 1.29 is 0 Å². The van der Waals surface area contributed by atoms with Crippen LogP contribution in [0.25, 0.3) is 0 Å². The first-order valence-electron chi connectivity index (χ1n) is 8.34. The maximum absolute atomic E-state index is 4.65. The number of nitrogens with one attached hydrogen (secondary N) is 1. The van der Waals surface area contributed by atoms with Gasteiger partial charge in [-0.05, 0) is 44.8 Å². The molecule has 2 aliphatic rings. The minimum atomic E-state index is 0.569. The van der Waals surface area contributed by atoms with Gasteiger partial charge in [-0.15, -0.1) is 0 Å². The van der Waals surface area contributed by atoms with Crippen molar-refractivity contribution in [3.63, 3.8) is 0 Å². The third-order valence-corrected chi connectivity index (χ3v) is 4.91. The molecule has 1 aliphatic carbocycles. The zero-order valence-corrected chi connectivity index (χ0v) is 12.6. The summed E-state index contributed by atoms with van der Waals surface area (Å²) in [5.41, 5.74) is 1.41. The van der Waals surface area contributed by atoms with Gasteiger partial charge in [0.1, 0.15) is 5.82 Å². The van der Waals surface area contributed by atoms with Crippen LogP contribution in [0.4, 0.5) is 5.82 Å². The summed E-state index contributed by atoms with van der Waals surface area (Å²) in [4.78, 5) is 7.23. The largest absolute Gasteiger partial charge is 0.367 e. The molecule has 0 amide bonds. The minimum absolute atomic E-state index is 0.569. The van der Waals surface area contributed by atoms with E-state index in [0.29, 0.717) is 12.1 Å². The molecule has 20 heavy (non-hydrogen) atoms. The highest BCUT2D eigenvalue weighted by atomic mass is 15.2. The second kappa shape index (κ2) is 6.57. The molecule has 0 unspecified atom stereocenters. The Morgan fingerprint density at radius 2 is 2.05 bits per heavy atom. The number of hydrogen-bond acceptors (Lipinski definition) is 3. The lowest BCUT2D eigenvalue weighted by Crippen LogP contribution is -2.27. The van der Waals surface area contributed by atoms with Gasteiger partial charge in [-0.1, -0.05) is 32.3 Å². The van der Waals surface area contributed by atoms with Crippen LogP contribution in [0.2, 0.25) is 0 Å². The van der Waals surface area contributed by atoms with Crippen molar-refractivity contribution in [2.75, 3.05) is 18.4 Å². The lowest BCUT2D eigenvalue weighted by molar-refractivity contribution is 0.271. The van der Waals surface area contributed by atoms with E-state index in [-0.39, 0.29) is 0 Å². The van der Waals surface area contributed by atoms with Gasteiger partial charge in [0.05, 0.1) is 0 Å². The fraction of sp³-hybridized carbons (Fsp3) is 0.706. The highest BCUT2D eigenvalue weighted by Crippen LogP contribution is 2.35. The summed E-state index contributed by atoms with van der Waals surface area (Å²) >= 11 is 0. The first kappa shape index (κ1) is 13.9. The summed E-state index contributed by atoms with van der Waals surface area (Å²) < 4.78 is 0. The molecule has 1 aromatic heterocycles.